The van der Waals surface area contributed by atoms with Crippen LogP contribution in [0.2, 0.25) is 0 Å². The van der Waals surface area contributed by atoms with Gasteiger partial charge in [-0.25, -0.2) is 21.9 Å². The maximum Gasteiger partial charge on any atom is 0.244 e. The van der Waals surface area contributed by atoms with E-state index in [-0.39, 0.29) is 5.41 Å². The summed E-state index contributed by atoms with van der Waals surface area (Å²) in [6, 6.07) is 9.30. The molecule has 2 rings (SSSR count). The van der Waals surface area contributed by atoms with Crippen LogP contribution in [0.25, 0.3) is 0 Å². The molecule has 3 nitrogen and oxygen atoms in total. The average Bonchev–Trinajstić information content (AvgIpc) is 2.48. The molecule has 0 fully saturated rings. The molecule has 2 aromatic rings. The topological polar surface area (TPSA) is 46.2 Å². The van der Waals surface area contributed by atoms with Crippen molar-refractivity contribution in [3.05, 3.63) is 65.2 Å². The van der Waals surface area contributed by atoms with Gasteiger partial charge in [-0.05, 0) is 41.7 Å². The fraction of sp³-hybridized carbons (Fsp3) is 0.333. The van der Waals surface area contributed by atoms with E-state index in [0.29, 0.717) is 6.07 Å². The van der Waals surface area contributed by atoms with E-state index in [1.54, 1.807) is 6.92 Å². The first-order valence-electron chi connectivity index (χ1n) is 7.58. The minimum Gasteiger partial charge on any atom is -0.207 e. The van der Waals surface area contributed by atoms with Gasteiger partial charge in [0.05, 0.1) is 0 Å². The number of hydrogen-bond donors (Lipinski definition) is 1. The molecule has 130 valence electrons. The molecule has 1 N–H and O–H groups in total. The van der Waals surface area contributed by atoms with Crippen LogP contribution < -0.4 is 4.72 Å². The lowest BCUT2D eigenvalue weighted by atomic mass is 9.86. The highest BCUT2D eigenvalue weighted by Gasteiger charge is 2.23. The van der Waals surface area contributed by atoms with E-state index < -0.39 is 32.6 Å². The second-order valence-electron chi connectivity index (χ2n) is 6.79. The van der Waals surface area contributed by atoms with Crippen molar-refractivity contribution in [2.75, 3.05) is 0 Å². The summed E-state index contributed by atoms with van der Waals surface area (Å²) in [5.41, 5.74) is 1.85. The van der Waals surface area contributed by atoms with E-state index in [2.05, 4.69) is 25.5 Å². The SMILES string of the molecule is CC(NS(=O)(=O)c1cc(F)ccc1F)c1ccc(C(C)(C)C)cc1. The monoisotopic (exact) mass is 353 g/mol. The molecule has 0 aliphatic carbocycles. The standard InChI is InChI=1S/C18H21F2NO2S/c1-12(13-5-7-14(8-6-13)18(2,3)4)21-24(22,23)17-11-15(19)9-10-16(17)20/h5-12,21H,1-4H3. The molecule has 24 heavy (non-hydrogen) atoms. The largest absolute Gasteiger partial charge is 0.244 e. The summed E-state index contributed by atoms with van der Waals surface area (Å²) in [4.78, 5) is -0.694. The summed E-state index contributed by atoms with van der Waals surface area (Å²) in [5, 5.41) is 0. The van der Waals surface area contributed by atoms with E-state index >= 15 is 0 Å². The fourth-order valence-electron chi connectivity index (χ4n) is 2.32. The van der Waals surface area contributed by atoms with Crippen molar-refractivity contribution in [3.8, 4) is 0 Å². The Kier molecular flexibility index (Phi) is 5.11. The van der Waals surface area contributed by atoms with E-state index in [0.717, 1.165) is 23.3 Å². The normalized spacial score (nSPS) is 13.8. The van der Waals surface area contributed by atoms with Crippen LogP contribution in [0, 0.1) is 11.6 Å². The fourth-order valence-corrected chi connectivity index (χ4v) is 3.64. The zero-order valence-corrected chi connectivity index (χ0v) is 14.9. The van der Waals surface area contributed by atoms with Crippen molar-refractivity contribution in [2.45, 2.75) is 44.0 Å². The Morgan fingerprint density at radius 2 is 1.58 bits per heavy atom. The summed E-state index contributed by atoms with van der Waals surface area (Å²) in [7, 11) is -4.16. The van der Waals surface area contributed by atoms with Gasteiger partial charge in [0.2, 0.25) is 10.0 Å². The molecule has 0 aromatic heterocycles. The Hall–Kier alpha value is -1.79. The lowest BCUT2D eigenvalue weighted by Gasteiger charge is -2.20. The second kappa shape index (κ2) is 6.61. The molecule has 0 radical (unpaired) electrons. The number of nitrogens with one attached hydrogen (secondary N) is 1. The van der Waals surface area contributed by atoms with Gasteiger partial charge in [-0.3, -0.25) is 0 Å². The number of hydrogen-bond acceptors (Lipinski definition) is 2. The summed E-state index contributed by atoms with van der Waals surface area (Å²) < 4.78 is 53.9. The predicted molar refractivity (Wildman–Crippen MR) is 90.2 cm³/mol. The minimum atomic E-state index is -4.16. The predicted octanol–water partition coefficient (Wildman–Crippen LogP) is 4.30. The van der Waals surface area contributed by atoms with Crippen LogP contribution in [-0.4, -0.2) is 8.42 Å². The third kappa shape index (κ3) is 4.19. The average molecular weight is 353 g/mol. The Morgan fingerprint density at radius 3 is 2.12 bits per heavy atom. The highest BCUT2D eigenvalue weighted by Crippen LogP contribution is 2.25. The smallest absolute Gasteiger partial charge is 0.207 e. The summed E-state index contributed by atoms with van der Waals surface area (Å²) in [5.74, 6) is -1.79. The molecule has 0 spiro atoms. The molecule has 0 heterocycles. The molecule has 0 aliphatic rings. The highest BCUT2D eigenvalue weighted by molar-refractivity contribution is 7.89. The van der Waals surface area contributed by atoms with Crippen LogP contribution in [0.1, 0.15) is 44.9 Å². The molecule has 0 aliphatic heterocycles. The number of rotatable bonds is 4. The molecule has 0 bridgehead atoms. The van der Waals surface area contributed by atoms with Gasteiger partial charge in [0.1, 0.15) is 16.5 Å². The molecule has 1 unspecified atom stereocenters. The molecule has 2 aromatic carbocycles. The molecular formula is C18H21F2NO2S. The van der Waals surface area contributed by atoms with Gasteiger partial charge < -0.3 is 0 Å². The first-order valence-corrected chi connectivity index (χ1v) is 9.07. The van der Waals surface area contributed by atoms with Crippen LogP contribution in [0.4, 0.5) is 8.78 Å². The lowest BCUT2D eigenvalue weighted by Crippen LogP contribution is -2.27. The molecule has 6 heteroatoms. The number of benzene rings is 2. The van der Waals surface area contributed by atoms with Crippen molar-refractivity contribution in [2.24, 2.45) is 0 Å². The first-order chi connectivity index (χ1) is 11.0. The summed E-state index contributed by atoms with van der Waals surface area (Å²) in [6.07, 6.45) is 0. The van der Waals surface area contributed by atoms with Crippen LogP contribution in [0.3, 0.4) is 0 Å². The number of sulfonamides is 1. The van der Waals surface area contributed by atoms with Crippen molar-refractivity contribution in [1.29, 1.82) is 0 Å². The van der Waals surface area contributed by atoms with Gasteiger partial charge in [0, 0.05) is 6.04 Å². The summed E-state index contributed by atoms with van der Waals surface area (Å²) in [6.45, 7) is 7.91. The van der Waals surface area contributed by atoms with Gasteiger partial charge in [-0.15, -0.1) is 0 Å². The Balaban J connectivity index is 2.25. The molecule has 0 amide bonds. The molecular weight excluding hydrogens is 332 g/mol. The van der Waals surface area contributed by atoms with Gasteiger partial charge in [-0.2, -0.15) is 0 Å². The van der Waals surface area contributed by atoms with Crippen molar-refractivity contribution in [3.63, 3.8) is 0 Å². The maximum absolute atomic E-state index is 13.7. The van der Waals surface area contributed by atoms with Crippen molar-refractivity contribution >= 4 is 10.0 Å². The molecule has 0 saturated heterocycles. The van der Waals surface area contributed by atoms with Crippen LogP contribution in [0.5, 0.6) is 0 Å². The molecule has 0 saturated carbocycles. The zero-order valence-electron chi connectivity index (χ0n) is 14.1. The third-order valence-electron chi connectivity index (χ3n) is 3.79. The van der Waals surface area contributed by atoms with E-state index in [4.69, 9.17) is 0 Å². The van der Waals surface area contributed by atoms with Gasteiger partial charge >= 0.3 is 0 Å². The van der Waals surface area contributed by atoms with Gasteiger partial charge in [-0.1, -0.05) is 45.0 Å². The lowest BCUT2D eigenvalue weighted by molar-refractivity contribution is 0.538. The Morgan fingerprint density at radius 1 is 1.00 bits per heavy atom. The molecule has 1 atom stereocenters. The second-order valence-corrected chi connectivity index (χ2v) is 8.47. The van der Waals surface area contributed by atoms with Crippen LogP contribution >= 0.6 is 0 Å². The Bertz CT molecular complexity index is 825. The Labute approximate surface area is 141 Å². The van der Waals surface area contributed by atoms with E-state index in [1.807, 2.05) is 24.3 Å². The summed E-state index contributed by atoms with van der Waals surface area (Å²) >= 11 is 0. The van der Waals surface area contributed by atoms with Crippen LogP contribution in [0.15, 0.2) is 47.4 Å². The van der Waals surface area contributed by atoms with E-state index in [1.165, 1.54) is 0 Å². The highest BCUT2D eigenvalue weighted by atomic mass is 32.2. The maximum atomic E-state index is 13.7. The number of halogens is 2. The zero-order chi connectivity index (χ0) is 18.1. The quantitative estimate of drug-likeness (QED) is 0.891. The van der Waals surface area contributed by atoms with Crippen molar-refractivity contribution < 1.29 is 17.2 Å². The first kappa shape index (κ1) is 18.5. The van der Waals surface area contributed by atoms with Crippen LogP contribution in [-0.2, 0) is 15.4 Å². The third-order valence-corrected chi connectivity index (χ3v) is 5.35. The van der Waals surface area contributed by atoms with Gasteiger partial charge in [0.25, 0.3) is 0 Å². The van der Waals surface area contributed by atoms with E-state index in [9.17, 15) is 17.2 Å². The minimum absolute atomic E-state index is 0.00797. The van der Waals surface area contributed by atoms with Gasteiger partial charge in [0.15, 0.2) is 0 Å². The van der Waals surface area contributed by atoms with Crippen molar-refractivity contribution in [1.82, 2.24) is 4.72 Å².